The summed E-state index contributed by atoms with van der Waals surface area (Å²) >= 11 is 0. The number of nitrogens with one attached hydrogen (secondary N) is 1. The molecule has 3 rings (SSSR count). The summed E-state index contributed by atoms with van der Waals surface area (Å²) in [5.74, 6) is 0.752. The van der Waals surface area contributed by atoms with Crippen molar-refractivity contribution in [3.63, 3.8) is 0 Å². The molecule has 0 aromatic rings. The molecule has 0 amide bonds. The van der Waals surface area contributed by atoms with Gasteiger partial charge in [0.1, 0.15) is 0 Å². The molecule has 2 saturated carbocycles. The van der Waals surface area contributed by atoms with Crippen LogP contribution in [0.3, 0.4) is 0 Å². The molecular weight excluding hydrogens is 238 g/mol. The van der Waals surface area contributed by atoms with Crippen LogP contribution in [-0.4, -0.2) is 39.0 Å². The van der Waals surface area contributed by atoms with E-state index in [2.05, 4.69) is 19.2 Å². The third kappa shape index (κ3) is 2.45. The SMILES string of the molecule is COCCC1(CNC2C3CCCOC3C2(C)C)CC1. The van der Waals surface area contributed by atoms with Gasteiger partial charge in [-0.15, -0.1) is 0 Å². The molecule has 2 aliphatic carbocycles. The predicted molar refractivity (Wildman–Crippen MR) is 76.2 cm³/mol. The van der Waals surface area contributed by atoms with Gasteiger partial charge in [0, 0.05) is 44.2 Å². The maximum Gasteiger partial charge on any atom is 0.0684 e. The average molecular weight is 267 g/mol. The van der Waals surface area contributed by atoms with E-state index in [9.17, 15) is 0 Å². The van der Waals surface area contributed by atoms with Gasteiger partial charge in [0.25, 0.3) is 0 Å². The highest BCUT2D eigenvalue weighted by Gasteiger charge is 2.58. The second-order valence-corrected chi connectivity index (χ2v) is 7.52. The van der Waals surface area contributed by atoms with E-state index in [0.29, 0.717) is 23.0 Å². The Morgan fingerprint density at radius 1 is 1.32 bits per heavy atom. The van der Waals surface area contributed by atoms with Crippen LogP contribution in [0.4, 0.5) is 0 Å². The van der Waals surface area contributed by atoms with Crippen molar-refractivity contribution < 1.29 is 9.47 Å². The van der Waals surface area contributed by atoms with Gasteiger partial charge in [-0.25, -0.2) is 0 Å². The van der Waals surface area contributed by atoms with E-state index in [0.717, 1.165) is 19.1 Å². The lowest BCUT2D eigenvalue weighted by Crippen LogP contribution is -2.69. The molecular formula is C16H29NO2. The van der Waals surface area contributed by atoms with Crippen LogP contribution in [0, 0.1) is 16.7 Å². The minimum absolute atomic E-state index is 0.308. The fourth-order valence-electron chi connectivity index (χ4n) is 4.27. The van der Waals surface area contributed by atoms with E-state index in [1.54, 1.807) is 0 Å². The first-order valence-corrected chi connectivity index (χ1v) is 7.93. The van der Waals surface area contributed by atoms with Crippen LogP contribution in [0.5, 0.6) is 0 Å². The van der Waals surface area contributed by atoms with Gasteiger partial charge in [0.05, 0.1) is 6.10 Å². The van der Waals surface area contributed by atoms with Crippen LogP contribution in [0.25, 0.3) is 0 Å². The molecule has 0 aromatic heterocycles. The first-order valence-electron chi connectivity index (χ1n) is 7.93. The minimum atomic E-state index is 0.308. The average Bonchev–Trinajstić information content (AvgIpc) is 3.17. The Hall–Kier alpha value is -0.120. The van der Waals surface area contributed by atoms with Gasteiger partial charge in [0.2, 0.25) is 0 Å². The van der Waals surface area contributed by atoms with E-state index < -0.39 is 0 Å². The smallest absolute Gasteiger partial charge is 0.0684 e. The minimum Gasteiger partial charge on any atom is -0.385 e. The topological polar surface area (TPSA) is 30.5 Å². The molecule has 1 aliphatic heterocycles. The Morgan fingerprint density at radius 3 is 2.79 bits per heavy atom. The van der Waals surface area contributed by atoms with Crippen LogP contribution < -0.4 is 5.32 Å². The predicted octanol–water partition coefficient (Wildman–Crippen LogP) is 2.60. The molecule has 3 fully saturated rings. The van der Waals surface area contributed by atoms with Crippen LogP contribution in [0.15, 0.2) is 0 Å². The maximum atomic E-state index is 5.97. The second-order valence-electron chi connectivity index (χ2n) is 7.52. The van der Waals surface area contributed by atoms with Crippen molar-refractivity contribution in [2.45, 2.75) is 58.1 Å². The molecule has 0 aromatic carbocycles. The van der Waals surface area contributed by atoms with Crippen molar-refractivity contribution >= 4 is 0 Å². The zero-order valence-electron chi connectivity index (χ0n) is 12.7. The van der Waals surface area contributed by atoms with Crippen LogP contribution in [-0.2, 0) is 9.47 Å². The lowest BCUT2D eigenvalue weighted by molar-refractivity contribution is -0.193. The molecule has 1 saturated heterocycles. The zero-order valence-corrected chi connectivity index (χ0v) is 12.7. The number of fused-ring (bicyclic) bond motifs is 1. The summed E-state index contributed by atoms with van der Waals surface area (Å²) in [7, 11) is 1.81. The number of rotatable bonds is 6. The number of hydrogen-bond acceptors (Lipinski definition) is 3. The fraction of sp³-hybridized carbons (Fsp3) is 1.00. The highest BCUT2D eigenvalue weighted by atomic mass is 16.5. The van der Waals surface area contributed by atoms with Gasteiger partial charge in [-0.3, -0.25) is 0 Å². The molecule has 110 valence electrons. The van der Waals surface area contributed by atoms with Gasteiger partial charge < -0.3 is 14.8 Å². The van der Waals surface area contributed by atoms with Gasteiger partial charge in [-0.1, -0.05) is 13.8 Å². The summed E-state index contributed by atoms with van der Waals surface area (Å²) in [6.07, 6.45) is 7.05. The summed E-state index contributed by atoms with van der Waals surface area (Å²) in [6.45, 7) is 7.78. The molecule has 3 atom stereocenters. The summed E-state index contributed by atoms with van der Waals surface area (Å²) in [5.41, 5.74) is 0.856. The number of methoxy groups -OCH3 is 1. The lowest BCUT2D eigenvalue weighted by Gasteiger charge is -2.60. The highest BCUT2D eigenvalue weighted by molar-refractivity contribution is 5.11. The first kappa shape index (κ1) is 13.8. The number of ether oxygens (including phenoxy) is 2. The van der Waals surface area contributed by atoms with Gasteiger partial charge in [-0.05, 0) is 37.5 Å². The Morgan fingerprint density at radius 2 is 2.11 bits per heavy atom. The monoisotopic (exact) mass is 267 g/mol. The van der Waals surface area contributed by atoms with Crippen LogP contribution >= 0.6 is 0 Å². The van der Waals surface area contributed by atoms with E-state index in [-0.39, 0.29) is 0 Å². The first-order chi connectivity index (χ1) is 9.09. The van der Waals surface area contributed by atoms with Crippen LogP contribution in [0.2, 0.25) is 0 Å². The Bertz CT molecular complexity index is 325. The van der Waals surface area contributed by atoms with Gasteiger partial charge >= 0.3 is 0 Å². The second kappa shape index (κ2) is 5.01. The van der Waals surface area contributed by atoms with Crippen molar-refractivity contribution in [3.8, 4) is 0 Å². The summed E-state index contributed by atoms with van der Waals surface area (Å²) in [4.78, 5) is 0. The van der Waals surface area contributed by atoms with E-state index >= 15 is 0 Å². The fourth-order valence-corrected chi connectivity index (χ4v) is 4.27. The molecule has 1 heterocycles. The molecule has 0 bridgehead atoms. The van der Waals surface area contributed by atoms with Crippen molar-refractivity contribution in [3.05, 3.63) is 0 Å². The molecule has 3 aliphatic rings. The molecule has 3 heteroatoms. The molecule has 1 N–H and O–H groups in total. The number of hydrogen-bond donors (Lipinski definition) is 1. The molecule has 3 unspecified atom stereocenters. The quantitative estimate of drug-likeness (QED) is 0.802. The zero-order chi connectivity index (χ0) is 13.5. The molecule has 3 nitrogen and oxygen atoms in total. The summed E-state index contributed by atoms with van der Waals surface area (Å²) < 4.78 is 11.2. The molecule has 19 heavy (non-hydrogen) atoms. The van der Waals surface area contributed by atoms with E-state index in [1.807, 2.05) is 7.11 Å². The third-order valence-electron chi connectivity index (χ3n) is 5.82. The van der Waals surface area contributed by atoms with E-state index in [4.69, 9.17) is 9.47 Å². The third-order valence-corrected chi connectivity index (χ3v) is 5.82. The largest absolute Gasteiger partial charge is 0.385 e. The Labute approximate surface area is 117 Å². The normalized spacial score (nSPS) is 38.4. The lowest BCUT2D eigenvalue weighted by atomic mass is 9.55. The van der Waals surface area contributed by atoms with Crippen LogP contribution in [0.1, 0.15) is 46.0 Å². The van der Waals surface area contributed by atoms with Crippen molar-refractivity contribution in [2.75, 3.05) is 26.9 Å². The highest BCUT2D eigenvalue weighted by Crippen LogP contribution is 2.53. The molecule has 0 radical (unpaired) electrons. The maximum absolute atomic E-state index is 5.97. The van der Waals surface area contributed by atoms with Crippen molar-refractivity contribution in [1.29, 1.82) is 0 Å². The van der Waals surface area contributed by atoms with E-state index in [1.165, 1.54) is 38.6 Å². The summed E-state index contributed by atoms with van der Waals surface area (Å²) in [5, 5.41) is 3.88. The molecule has 0 spiro atoms. The standard InChI is InChI=1S/C16H29NO2/c1-15(2)13(12-5-4-9-19-14(12)15)17-11-16(6-7-16)8-10-18-3/h12-14,17H,4-11H2,1-3H3. The Kier molecular flexibility index (Phi) is 3.65. The van der Waals surface area contributed by atoms with Crippen molar-refractivity contribution in [2.24, 2.45) is 16.7 Å². The summed E-state index contributed by atoms with van der Waals surface area (Å²) in [6, 6.07) is 0.651. The Balaban J connectivity index is 1.52. The van der Waals surface area contributed by atoms with Gasteiger partial charge in [-0.2, -0.15) is 0 Å². The van der Waals surface area contributed by atoms with Gasteiger partial charge in [0.15, 0.2) is 0 Å². The van der Waals surface area contributed by atoms with Crippen molar-refractivity contribution in [1.82, 2.24) is 5.32 Å².